The van der Waals surface area contributed by atoms with Gasteiger partial charge in [0.25, 0.3) is 5.91 Å². The van der Waals surface area contributed by atoms with Crippen molar-refractivity contribution in [1.82, 2.24) is 5.43 Å². The van der Waals surface area contributed by atoms with E-state index in [4.69, 9.17) is 39.5 Å². The number of benzene rings is 3. The normalized spacial score (nSPS) is 10.8. The lowest BCUT2D eigenvalue weighted by atomic mass is 10.2. The quantitative estimate of drug-likeness (QED) is 0.383. The molecule has 0 saturated carbocycles. The van der Waals surface area contributed by atoms with Gasteiger partial charge >= 0.3 is 0 Å². The second-order valence-electron chi connectivity index (χ2n) is 5.82. The maximum atomic E-state index is 12.0. The Bertz CT molecular complexity index is 1000. The van der Waals surface area contributed by atoms with Crippen LogP contribution in [0.25, 0.3) is 0 Å². The molecule has 142 valence electrons. The molecule has 3 rings (SSSR count). The molecule has 0 unspecified atom stereocenters. The van der Waals surface area contributed by atoms with E-state index in [-0.39, 0.29) is 5.91 Å². The first-order chi connectivity index (χ1) is 13.5. The zero-order valence-electron chi connectivity index (χ0n) is 14.5. The van der Waals surface area contributed by atoms with E-state index >= 15 is 0 Å². The molecule has 1 N–H and O–H groups in total. The summed E-state index contributed by atoms with van der Waals surface area (Å²) in [5.74, 6) is 0.341. The van der Waals surface area contributed by atoms with Crippen LogP contribution in [-0.2, 0) is 6.61 Å². The Balaban J connectivity index is 1.53. The molecule has 7 heteroatoms. The van der Waals surface area contributed by atoms with Crippen molar-refractivity contribution in [2.75, 3.05) is 0 Å². The van der Waals surface area contributed by atoms with Crippen molar-refractivity contribution < 1.29 is 9.53 Å². The molecule has 0 spiro atoms. The molecule has 0 heterocycles. The molecule has 0 saturated heterocycles. The highest BCUT2D eigenvalue weighted by molar-refractivity contribution is 6.42. The van der Waals surface area contributed by atoms with Crippen LogP contribution in [0.4, 0.5) is 0 Å². The predicted octanol–water partition coefficient (Wildman–Crippen LogP) is 5.99. The minimum atomic E-state index is -0.378. The van der Waals surface area contributed by atoms with E-state index in [0.717, 1.165) is 16.9 Å². The predicted molar refractivity (Wildman–Crippen MR) is 114 cm³/mol. The summed E-state index contributed by atoms with van der Waals surface area (Å²) in [4.78, 5) is 12.0. The molecule has 3 aromatic rings. The number of hydrogen-bond donors (Lipinski definition) is 1. The highest BCUT2D eigenvalue weighted by Gasteiger charge is 2.06. The Hall–Kier alpha value is -2.53. The van der Waals surface area contributed by atoms with Gasteiger partial charge in [-0.25, -0.2) is 5.43 Å². The fourth-order valence-electron chi connectivity index (χ4n) is 2.31. The number of rotatable bonds is 6. The topological polar surface area (TPSA) is 50.7 Å². The molecule has 28 heavy (non-hydrogen) atoms. The first-order valence-electron chi connectivity index (χ1n) is 8.27. The van der Waals surface area contributed by atoms with Crippen LogP contribution >= 0.6 is 34.8 Å². The van der Waals surface area contributed by atoms with Crippen LogP contribution in [0.2, 0.25) is 15.1 Å². The number of ether oxygens (including phenoxy) is 1. The third-order valence-electron chi connectivity index (χ3n) is 3.74. The monoisotopic (exact) mass is 432 g/mol. The van der Waals surface area contributed by atoms with E-state index in [2.05, 4.69) is 10.5 Å². The van der Waals surface area contributed by atoms with Crippen LogP contribution in [0.5, 0.6) is 5.75 Å². The summed E-state index contributed by atoms with van der Waals surface area (Å²) in [6.45, 7) is 0.424. The standard InChI is InChI=1S/C21H15Cl3N2O2/c22-17-3-1-2-15(10-17)13-28-18-7-4-14(5-8-18)12-25-26-21(27)16-6-9-19(23)20(24)11-16/h1-12H,13H2,(H,26,27)/b25-12-. The van der Waals surface area contributed by atoms with E-state index in [1.165, 1.54) is 12.3 Å². The Morgan fingerprint density at radius 2 is 1.75 bits per heavy atom. The number of hydrazone groups is 1. The largest absolute Gasteiger partial charge is 0.489 e. The SMILES string of the molecule is O=C(N/N=C\c1ccc(OCc2cccc(Cl)c2)cc1)c1ccc(Cl)c(Cl)c1. The van der Waals surface area contributed by atoms with Crippen LogP contribution in [0.15, 0.2) is 71.8 Å². The molecular formula is C21H15Cl3N2O2. The van der Waals surface area contributed by atoms with Gasteiger partial charge in [0.05, 0.1) is 16.3 Å². The lowest BCUT2D eigenvalue weighted by molar-refractivity contribution is 0.0955. The highest BCUT2D eigenvalue weighted by atomic mass is 35.5. The van der Waals surface area contributed by atoms with Gasteiger partial charge in [0.2, 0.25) is 0 Å². The van der Waals surface area contributed by atoms with E-state index in [1.54, 1.807) is 12.1 Å². The number of nitrogens with zero attached hydrogens (tertiary/aromatic N) is 1. The van der Waals surface area contributed by atoms with Gasteiger partial charge in [-0.2, -0.15) is 5.10 Å². The van der Waals surface area contributed by atoms with Gasteiger partial charge in [0, 0.05) is 10.6 Å². The van der Waals surface area contributed by atoms with Crippen molar-refractivity contribution in [1.29, 1.82) is 0 Å². The smallest absolute Gasteiger partial charge is 0.271 e. The summed E-state index contributed by atoms with van der Waals surface area (Å²) in [5.41, 5.74) is 4.62. The summed E-state index contributed by atoms with van der Waals surface area (Å²) in [5, 5.41) is 5.32. The van der Waals surface area contributed by atoms with E-state index in [1.807, 2.05) is 48.5 Å². The summed E-state index contributed by atoms with van der Waals surface area (Å²) in [7, 11) is 0. The lowest BCUT2D eigenvalue weighted by Gasteiger charge is -2.07. The van der Waals surface area contributed by atoms with Gasteiger partial charge in [0.15, 0.2) is 0 Å². The van der Waals surface area contributed by atoms with Crippen LogP contribution in [0, 0.1) is 0 Å². The third kappa shape index (κ3) is 5.73. The summed E-state index contributed by atoms with van der Waals surface area (Å²) in [6.07, 6.45) is 1.54. The van der Waals surface area contributed by atoms with Crippen molar-refractivity contribution >= 4 is 46.9 Å². The summed E-state index contributed by atoms with van der Waals surface area (Å²) >= 11 is 17.7. The minimum Gasteiger partial charge on any atom is -0.489 e. The van der Waals surface area contributed by atoms with E-state index in [0.29, 0.717) is 27.2 Å². The lowest BCUT2D eigenvalue weighted by Crippen LogP contribution is -2.17. The van der Waals surface area contributed by atoms with E-state index in [9.17, 15) is 4.79 Å². The Labute approximate surface area is 177 Å². The second kappa shape index (κ2) is 9.60. The first-order valence-corrected chi connectivity index (χ1v) is 9.40. The molecular weight excluding hydrogens is 419 g/mol. The first kappa shape index (κ1) is 20.2. The molecule has 0 aliphatic heterocycles. The van der Waals surface area contributed by atoms with Gasteiger partial charge in [-0.15, -0.1) is 0 Å². The molecule has 1 amide bonds. The molecule has 0 bridgehead atoms. The Kier molecular flexibility index (Phi) is 6.93. The van der Waals surface area contributed by atoms with Crippen molar-refractivity contribution in [3.05, 3.63) is 98.5 Å². The molecule has 0 aromatic heterocycles. The number of amides is 1. The molecule has 4 nitrogen and oxygen atoms in total. The number of carbonyl (C=O) groups excluding carboxylic acids is 1. The Morgan fingerprint density at radius 1 is 0.964 bits per heavy atom. The fourth-order valence-corrected chi connectivity index (χ4v) is 2.82. The molecule has 0 aliphatic carbocycles. The van der Waals surface area contributed by atoms with Crippen LogP contribution < -0.4 is 10.2 Å². The average molecular weight is 434 g/mol. The number of nitrogens with one attached hydrogen (secondary N) is 1. The maximum Gasteiger partial charge on any atom is 0.271 e. The van der Waals surface area contributed by atoms with Crippen molar-refractivity contribution in [3.63, 3.8) is 0 Å². The second-order valence-corrected chi connectivity index (χ2v) is 7.07. The van der Waals surface area contributed by atoms with E-state index < -0.39 is 0 Å². The van der Waals surface area contributed by atoms with Gasteiger partial charge in [-0.3, -0.25) is 4.79 Å². The van der Waals surface area contributed by atoms with Gasteiger partial charge in [-0.1, -0.05) is 46.9 Å². The maximum absolute atomic E-state index is 12.0. The zero-order chi connectivity index (χ0) is 19.9. The summed E-state index contributed by atoms with van der Waals surface area (Å²) in [6, 6.07) is 19.5. The van der Waals surface area contributed by atoms with Crippen molar-refractivity contribution in [2.24, 2.45) is 5.10 Å². The average Bonchev–Trinajstić information content (AvgIpc) is 2.69. The number of halogens is 3. The number of hydrogen-bond acceptors (Lipinski definition) is 3. The Morgan fingerprint density at radius 3 is 2.46 bits per heavy atom. The highest BCUT2D eigenvalue weighted by Crippen LogP contribution is 2.22. The van der Waals surface area contributed by atoms with Gasteiger partial charge < -0.3 is 4.74 Å². The minimum absolute atomic E-state index is 0.312. The molecule has 0 aliphatic rings. The van der Waals surface area contributed by atoms with Crippen LogP contribution in [0.1, 0.15) is 21.5 Å². The van der Waals surface area contributed by atoms with Crippen LogP contribution in [0.3, 0.4) is 0 Å². The molecule has 0 atom stereocenters. The van der Waals surface area contributed by atoms with Gasteiger partial charge in [0.1, 0.15) is 12.4 Å². The van der Waals surface area contributed by atoms with Crippen LogP contribution in [-0.4, -0.2) is 12.1 Å². The molecule has 0 radical (unpaired) electrons. The third-order valence-corrected chi connectivity index (χ3v) is 4.71. The van der Waals surface area contributed by atoms with Gasteiger partial charge in [-0.05, 0) is 65.7 Å². The number of carbonyl (C=O) groups is 1. The summed E-state index contributed by atoms with van der Waals surface area (Å²) < 4.78 is 5.73. The van der Waals surface area contributed by atoms with Crippen molar-refractivity contribution in [3.8, 4) is 5.75 Å². The van der Waals surface area contributed by atoms with Crippen molar-refractivity contribution in [2.45, 2.75) is 6.61 Å². The molecule has 3 aromatic carbocycles. The zero-order valence-corrected chi connectivity index (χ0v) is 16.8. The molecule has 0 fully saturated rings. The fraction of sp³-hybridized carbons (Fsp3) is 0.0476.